The van der Waals surface area contributed by atoms with Gasteiger partial charge in [0.25, 0.3) is 0 Å². The fourth-order valence-corrected chi connectivity index (χ4v) is 3.36. The predicted octanol–water partition coefficient (Wildman–Crippen LogP) is 3.58. The van der Waals surface area contributed by atoms with Gasteiger partial charge in [-0.2, -0.15) is 0 Å². The molecule has 2 heterocycles. The summed E-state index contributed by atoms with van der Waals surface area (Å²) in [4.78, 5) is 0. The molecule has 0 aliphatic carbocycles. The molecule has 2 N–H and O–H groups in total. The Morgan fingerprint density at radius 2 is 1.69 bits per heavy atom. The SMILES string of the molecule is CC(C)(C)Cn1cc(CN)c2cc(F)c(B3OC(C)(C)C(C)(C)O3)cc21. The quantitative estimate of drug-likeness (QED) is 0.852. The average Bonchev–Trinajstić information content (AvgIpc) is 2.90. The molecule has 0 atom stereocenters. The third-order valence-corrected chi connectivity index (χ3v) is 5.45. The maximum Gasteiger partial charge on any atom is 0.497 e. The Bertz CT molecular complexity index is 820. The van der Waals surface area contributed by atoms with Gasteiger partial charge in [-0.15, -0.1) is 0 Å². The van der Waals surface area contributed by atoms with Crippen molar-refractivity contribution in [3.8, 4) is 0 Å². The standard InChI is InChI=1S/C20H30BFN2O2/c1-18(2,3)12-24-11-13(10-23)14-8-16(22)15(9-17(14)24)21-25-19(4,5)20(6,7)26-21/h8-9,11H,10,12,23H2,1-7H3. The van der Waals surface area contributed by atoms with E-state index in [9.17, 15) is 4.39 Å². The molecular formula is C20H30BFN2O2. The molecule has 142 valence electrons. The molecule has 1 aliphatic rings. The third kappa shape index (κ3) is 3.30. The van der Waals surface area contributed by atoms with Crippen LogP contribution in [0.5, 0.6) is 0 Å². The van der Waals surface area contributed by atoms with Crippen LogP contribution in [0, 0.1) is 11.2 Å². The molecule has 4 nitrogen and oxygen atoms in total. The molecule has 0 saturated carbocycles. The molecule has 1 fully saturated rings. The van der Waals surface area contributed by atoms with Crippen LogP contribution in [0.3, 0.4) is 0 Å². The largest absolute Gasteiger partial charge is 0.497 e. The number of nitrogens with two attached hydrogens (primary N) is 1. The summed E-state index contributed by atoms with van der Waals surface area (Å²) in [7, 11) is -0.719. The Kier molecular flexibility index (Phi) is 4.53. The third-order valence-electron chi connectivity index (χ3n) is 5.45. The molecule has 1 aromatic heterocycles. The van der Waals surface area contributed by atoms with E-state index < -0.39 is 18.3 Å². The van der Waals surface area contributed by atoms with Gasteiger partial charge < -0.3 is 19.6 Å². The van der Waals surface area contributed by atoms with Crippen LogP contribution in [-0.4, -0.2) is 22.9 Å². The zero-order valence-corrected chi connectivity index (χ0v) is 16.9. The summed E-state index contributed by atoms with van der Waals surface area (Å²) >= 11 is 0. The Labute approximate surface area is 156 Å². The number of fused-ring (bicyclic) bond motifs is 1. The fourth-order valence-electron chi connectivity index (χ4n) is 3.36. The molecular weight excluding hydrogens is 330 g/mol. The van der Waals surface area contributed by atoms with Crippen LogP contribution in [-0.2, 0) is 22.4 Å². The lowest BCUT2D eigenvalue weighted by molar-refractivity contribution is 0.00578. The normalized spacial score (nSPS) is 19.5. The molecule has 3 rings (SSSR count). The van der Waals surface area contributed by atoms with E-state index in [1.165, 1.54) is 0 Å². The first-order chi connectivity index (χ1) is 11.8. The van der Waals surface area contributed by atoms with Gasteiger partial charge in [0.2, 0.25) is 0 Å². The fraction of sp³-hybridized carbons (Fsp3) is 0.600. The Balaban J connectivity index is 2.11. The van der Waals surface area contributed by atoms with E-state index in [4.69, 9.17) is 15.0 Å². The maximum atomic E-state index is 14.9. The molecule has 0 spiro atoms. The molecule has 0 amide bonds. The number of benzene rings is 1. The van der Waals surface area contributed by atoms with E-state index >= 15 is 0 Å². The van der Waals surface area contributed by atoms with Gasteiger partial charge in [0.05, 0.1) is 11.2 Å². The van der Waals surface area contributed by atoms with Crippen molar-refractivity contribution in [3.63, 3.8) is 0 Å². The van der Waals surface area contributed by atoms with Crippen LogP contribution in [0.25, 0.3) is 10.9 Å². The smallest absolute Gasteiger partial charge is 0.399 e. The molecule has 1 aromatic carbocycles. The summed E-state index contributed by atoms with van der Waals surface area (Å²) in [6.07, 6.45) is 2.03. The van der Waals surface area contributed by atoms with E-state index in [-0.39, 0.29) is 11.2 Å². The van der Waals surface area contributed by atoms with Crippen LogP contribution in [0.15, 0.2) is 18.3 Å². The highest BCUT2D eigenvalue weighted by atomic mass is 19.1. The van der Waals surface area contributed by atoms with Gasteiger partial charge in [-0.3, -0.25) is 0 Å². The van der Waals surface area contributed by atoms with E-state index in [0.717, 1.165) is 23.0 Å². The average molecular weight is 360 g/mol. The number of rotatable bonds is 3. The molecule has 2 aromatic rings. The van der Waals surface area contributed by atoms with Crippen LogP contribution < -0.4 is 11.2 Å². The molecule has 0 radical (unpaired) electrons. The van der Waals surface area contributed by atoms with E-state index in [2.05, 4.69) is 25.3 Å². The lowest BCUT2D eigenvalue weighted by Crippen LogP contribution is -2.41. The Hall–Kier alpha value is -1.37. The zero-order chi connectivity index (χ0) is 19.5. The molecule has 1 aliphatic heterocycles. The van der Waals surface area contributed by atoms with Gasteiger partial charge in [-0.1, -0.05) is 20.8 Å². The van der Waals surface area contributed by atoms with Crippen LogP contribution >= 0.6 is 0 Å². The number of nitrogens with zero attached hydrogens (tertiary/aromatic N) is 1. The summed E-state index contributed by atoms with van der Waals surface area (Å²) < 4.78 is 29.2. The van der Waals surface area contributed by atoms with Crippen LogP contribution in [0.1, 0.15) is 54.0 Å². The number of hydrogen-bond acceptors (Lipinski definition) is 3. The van der Waals surface area contributed by atoms with Crippen molar-refractivity contribution in [2.75, 3.05) is 0 Å². The maximum absolute atomic E-state index is 14.9. The summed E-state index contributed by atoms with van der Waals surface area (Å²) in [6.45, 7) is 15.6. The van der Waals surface area contributed by atoms with Gasteiger partial charge in [0.1, 0.15) is 5.82 Å². The van der Waals surface area contributed by atoms with Crippen LogP contribution in [0.2, 0.25) is 0 Å². The van der Waals surface area contributed by atoms with Crippen LogP contribution in [0.4, 0.5) is 4.39 Å². The van der Waals surface area contributed by atoms with E-state index in [1.54, 1.807) is 6.07 Å². The number of hydrogen-bond donors (Lipinski definition) is 1. The topological polar surface area (TPSA) is 49.4 Å². The summed E-state index contributed by atoms with van der Waals surface area (Å²) in [5.41, 5.74) is 7.32. The second-order valence-electron chi connectivity index (χ2n) is 9.53. The van der Waals surface area contributed by atoms with Crippen molar-refractivity contribution in [1.82, 2.24) is 4.57 Å². The second-order valence-corrected chi connectivity index (χ2v) is 9.53. The van der Waals surface area contributed by atoms with Crippen molar-refractivity contribution in [2.45, 2.75) is 72.8 Å². The molecule has 1 saturated heterocycles. The lowest BCUT2D eigenvalue weighted by atomic mass is 9.78. The Morgan fingerprint density at radius 1 is 1.12 bits per heavy atom. The molecule has 0 bridgehead atoms. The lowest BCUT2D eigenvalue weighted by Gasteiger charge is -2.32. The van der Waals surface area contributed by atoms with E-state index in [1.807, 2.05) is 40.0 Å². The monoisotopic (exact) mass is 360 g/mol. The summed E-state index contributed by atoms with van der Waals surface area (Å²) in [5, 5.41) is 0.856. The Morgan fingerprint density at radius 3 is 2.19 bits per heavy atom. The predicted molar refractivity (Wildman–Crippen MR) is 105 cm³/mol. The molecule has 0 unspecified atom stereocenters. The first-order valence-electron chi connectivity index (χ1n) is 9.21. The first-order valence-corrected chi connectivity index (χ1v) is 9.21. The highest BCUT2D eigenvalue weighted by molar-refractivity contribution is 6.62. The minimum atomic E-state index is -0.719. The van der Waals surface area contributed by atoms with Gasteiger partial charge in [-0.25, -0.2) is 4.39 Å². The molecule has 26 heavy (non-hydrogen) atoms. The second kappa shape index (κ2) is 6.08. The van der Waals surface area contributed by atoms with Crippen molar-refractivity contribution in [2.24, 2.45) is 11.1 Å². The van der Waals surface area contributed by atoms with Gasteiger partial charge in [0.15, 0.2) is 0 Å². The van der Waals surface area contributed by atoms with E-state index in [0.29, 0.717) is 12.0 Å². The van der Waals surface area contributed by atoms with Crippen molar-refractivity contribution in [3.05, 3.63) is 29.7 Å². The minimum Gasteiger partial charge on any atom is -0.399 e. The van der Waals surface area contributed by atoms with Crippen molar-refractivity contribution < 1.29 is 13.7 Å². The minimum absolute atomic E-state index is 0.0940. The number of aromatic nitrogens is 1. The van der Waals surface area contributed by atoms with Crippen molar-refractivity contribution in [1.29, 1.82) is 0 Å². The zero-order valence-electron chi connectivity index (χ0n) is 16.9. The highest BCUT2D eigenvalue weighted by Gasteiger charge is 2.52. The van der Waals surface area contributed by atoms with Crippen molar-refractivity contribution >= 4 is 23.5 Å². The highest BCUT2D eigenvalue weighted by Crippen LogP contribution is 2.37. The van der Waals surface area contributed by atoms with Gasteiger partial charge >= 0.3 is 7.12 Å². The number of halogens is 1. The van der Waals surface area contributed by atoms with Gasteiger partial charge in [-0.05, 0) is 50.8 Å². The summed E-state index contributed by atoms with van der Waals surface area (Å²) in [6, 6.07) is 3.43. The molecule has 6 heteroatoms. The summed E-state index contributed by atoms with van der Waals surface area (Å²) in [5.74, 6) is -0.320. The van der Waals surface area contributed by atoms with Gasteiger partial charge in [0, 0.05) is 35.7 Å². The first kappa shape index (κ1) is 19.4.